The topological polar surface area (TPSA) is 84.8 Å². The van der Waals surface area contributed by atoms with Gasteiger partial charge in [-0.25, -0.2) is 0 Å². The van der Waals surface area contributed by atoms with Crippen LogP contribution >= 0.6 is 0 Å². The van der Waals surface area contributed by atoms with Gasteiger partial charge >= 0.3 is 0 Å². The standard InChI is InChI=1S/C20H17N5O/c21-8-11-25-12-16-18(17(26)13-25)20(23-15-4-2-1-3-5-15)19(24-16)14-6-9-22-10-7-14/h1-7,9-10,23-24H,11-13H2. The number of aromatic amines is 1. The van der Waals surface area contributed by atoms with E-state index >= 15 is 0 Å². The van der Waals surface area contributed by atoms with E-state index in [9.17, 15) is 4.79 Å². The maximum atomic E-state index is 12.8. The molecule has 0 atom stereocenters. The van der Waals surface area contributed by atoms with Gasteiger partial charge in [0.2, 0.25) is 0 Å². The second kappa shape index (κ2) is 6.82. The number of nitriles is 1. The SMILES string of the molecule is N#CCN1CC(=O)c2c([nH]c(-c3ccncc3)c2Nc2ccccc2)C1. The first-order valence-electron chi connectivity index (χ1n) is 8.36. The monoisotopic (exact) mass is 343 g/mol. The molecule has 0 radical (unpaired) electrons. The van der Waals surface area contributed by atoms with Crippen molar-refractivity contribution in [2.75, 3.05) is 18.4 Å². The molecule has 0 bridgehead atoms. The number of para-hydroxylation sites is 1. The normalized spacial score (nSPS) is 13.9. The van der Waals surface area contributed by atoms with Crippen molar-refractivity contribution in [3.05, 3.63) is 66.1 Å². The van der Waals surface area contributed by atoms with Gasteiger partial charge in [0.15, 0.2) is 5.78 Å². The van der Waals surface area contributed by atoms with Gasteiger partial charge in [-0.3, -0.25) is 14.7 Å². The van der Waals surface area contributed by atoms with Crippen molar-refractivity contribution in [2.24, 2.45) is 0 Å². The molecule has 2 aromatic heterocycles. The second-order valence-electron chi connectivity index (χ2n) is 6.18. The largest absolute Gasteiger partial charge is 0.355 e. The smallest absolute Gasteiger partial charge is 0.180 e. The summed E-state index contributed by atoms with van der Waals surface area (Å²) in [6, 6.07) is 15.7. The highest BCUT2D eigenvalue weighted by molar-refractivity contribution is 6.08. The summed E-state index contributed by atoms with van der Waals surface area (Å²) in [5.74, 6) is 0.0106. The first-order valence-corrected chi connectivity index (χ1v) is 8.36. The van der Waals surface area contributed by atoms with Crippen molar-refractivity contribution in [3.8, 4) is 17.3 Å². The van der Waals surface area contributed by atoms with E-state index in [0.717, 1.165) is 28.3 Å². The van der Waals surface area contributed by atoms with E-state index in [-0.39, 0.29) is 18.9 Å². The van der Waals surface area contributed by atoms with E-state index < -0.39 is 0 Å². The average molecular weight is 343 g/mol. The Labute approximate surface area is 151 Å². The lowest BCUT2D eigenvalue weighted by atomic mass is 10.0. The number of nitrogens with zero attached hydrogens (tertiary/aromatic N) is 3. The van der Waals surface area contributed by atoms with Crippen LogP contribution in [0.4, 0.5) is 11.4 Å². The predicted molar refractivity (Wildman–Crippen MR) is 99.0 cm³/mol. The lowest BCUT2D eigenvalue weighted by Gasteiger charge is -2.23. The average Bonchev–Trinajstić information content (AvgIpc) is 3.02. The van der Waals surface area contributed by atoms with Crippen molar-refractivity contribution < 1.29 is 4.79 Å². The first kappa shape index (κ1) is 16.1. The Balaban J connectivity index is 1.83. The number of aromatic nitrogens is 2. The highest BCUT2D eigenvalue weighted by Crippen LogP contribution is 2.37. The Hall–Kier alpha value is -3.43. The zero-order valence-electron chi connectivity index (χ0n) is 14.1. The van der Waals surface area contributed by atoms with Gasteiger partial charge in [-0.15, -0.1) is 0 Å². The summed E-state index contributed by atoms with van der Waals surface area (Å²) < 4.78 is 0. The van der Waals surface area contributed by atoms with Gasteiger partial charge in [0.25, 0.3) is 0 Å². The Kier molecular flexibility index (Phi) is 4.22. The van der Waals surface area contributed by atoms with Crippen LogP contribution < -0.4 is 5.32 Å². The number of fused-ring (bicyclic) bond motifs is 1. The van der Waals surface area contributed by atoms with Gasteiger partial charge in [-0.05, 0) is 24.3 Å². The summed E-state index contributed by atoms with van der Waals surface area (Å²) in [4.78, 5) is 22.1. The zero-order chi connectivity index (χ0) is 17.9. The second-order valence-corrected chi connectivity index (χ2v) is 6.18. The van der Waals surface area contributed by atoms with Crippen LogP contribution in [-0.2, 0) is 6.54 Å². The molecular formula is C20H17N5O. The number of benzene rings is 1. The van der Waals surface area contributed by atoms with E-state index in [1.807, 2.05) is 47.4 Å². The molecule has 1 aliphatic heterocycles. The summed E-state index contributed by atoms with van der Waals surface area (Å²) in [6.07, 6.45) is 3.45. The van der Waals surface area contributed by atoms with Crippen LogP contribution in [0.1, 0.15) is 16.1 Å². The van der Waals surface area contributed by atoms with E-state index in [2.05, 4.69) is 21.4 Å². The fourth-order valence-electron chi connectivity index (χ4n) is 3.28. The molecular weight excluding hydrogens is 326 g/mol. The number of pyridine rings is 1. The molecule has 1 aliphatic rings. The van der Waals surface area contributed by atoms with Gasteiger partial charge in [-0.1, -0.05) is 18.2 Å². The maximum absolute atomic E-state index is 12.8. The van der Waals surface area contributed by atoms with E-state index in [1.54, 1.807) is 12.4 Å². The first-order chi connectivity index (χ1) is 12.8. The van der Waals surface area contributed by atoms with Crippen LogP contribution in [0.25, 0.3) is 11.3 Å². The third kappa shape index (κ3) is 2.96. The molecule has 3 heterocycles. The number of Topliss-reactive ketones (excluding diaryl/α,β-unsaturated/α-hetero) is 1. The number of anilines is 2. The molecule has 0 unspecified atom stereocenters. The van der Waals surface area contributed by atoms with Crippen molar-refractivity contribution in [2.45, 2.75) is 6.54 Å². The van der Waals surface area contributed by atoms with Crippen molar-refractivity contribution in [1.29, 1.82) is 5.26 Å². The number of nitrogens with one attached hydrogen (secondary N) is 2. The fourth-order valence-corrected chi connectivity index (χ4v) is 3.28. The number of hydrogen-bond acceptors (Lipinski definition) is 5. The van der Waals surface area contributed by atoms with Gasteiger partial charge in [0, 0.05) is 35.9 Å². The van der Waals surface area contributed by atoms with E-state index in [4.69, 9.17) is 5.26 Å². The summed E-state index contributed by atoms with van der Waals surface area (Å²) in [5, 5.41) is 12.4. The molecule has 2 N–H and O–H groups in total. The number of ketones is 1. The molecule has 0 saturated heterocycles. The molecule has 0 fully saturated rings. The molecule has 1 aromatic carbocycles. The maximum Gasteiger partial charge on any atom is 0.180 e. The Bertz CT molecular complexity index is 973. The lowest BCUT2D eigenvalue weighted by Crippen LogP contribution is -2.35. The van der Waals surface area contributed by atoms with Crippen molar-refractivity contribution >= 4 is 17.2 Å². The fraction of sp³-hybridized carbons (Fsp3) is 0.150. The third-order valence-electron chi connectivity index (χ3n) is 4.41. The molecule has 26 heavy (non-hydrogen) atoms. The molecule has 6 nitrogen and oxygen atoms in total. The van der Waals surface area contributed by atoms with Gasteiger partial charge < -0.3 is 10.3 Å². The minimum Gasteiger partial charge on any atom is -0.355 e. The molecule has 0 aliphatic carbocycles. The van der Waals surface area contributed by atoms with E-state index in [0.29, 0.717) is 12.1 Å². The minimum atomic E-state index is 0.0106. The number of hydrogen-bond donors (Lipinski definition) is 2. The summed E-state index contributed by atoms with van der Waals surface area (Å²) in [5.41, 5.74) is 5.01. The van der Waals surface area contributed by atoms with Gasteiger partial charge in [0.1, 0.15) is 0 Å². The Morgan fingerprint density at radius 3 is 2.65 bits per heavy atom. The number of carbonyl (C=O) groups excluding carboxylic acids is 1. The van der Waals surface area contributed by atoms with Crippen LogP contribution in [0.2, 0.25) is 0 Å². The van der Waals surface area contributed by atoms with Crippen LogP contribution in [0.5, 0.6) is 0 Å². The zero-order valence-corrected chi connectivity index (χ0v) is 14.1. The molecule has 0 spiro atoms. The highest BCUT2D eigenvalue weighted by Gasteiger charge is 2.30. The molecule has 0 amide bonds. The Morgan fingerprint density at radius 2 is 1.92 bits per heavy atom. The highest BCUT2D eigenvalue weighted by atomic mass is 16.1. The van der Waals surface area contributed by atoms with Crippen LogP contribution in [-0.4, -0.2) is 33.7 Å². The molecule has 128 valence electrons. The van der Waals surface area contributed by atoms with Crippen LogP contribution in [0, 0.1) is 11.3 Å². The number of carbonyl (C=O) groups is 1. The Morgan fingerprint density at radius 1 is 1.15 bits per heavy atom. The summed E-state index contributed by atoms with van der Waals surface area (Å²) in [6.45, 7) is 1.02. The minimum absolute atomic E-state index is 0.0106. The molecule has 4 rings (SSSR count). The van der Waals surface area contributed by atoms with Crippen LogP contribution in [0.3, 0.4) is 0 Å². The number of rotatable bonds is 4. The summed E-state index contributed by atoms with van der Waals surface area (Å²) in [7, 11) is 0. The molecule has 0 saturated carbocycles. The molecule has 6 heteroatoms. The van der Waals surface area contributed by atoms with Crippen LogP contribution in [0.15, 0.2) is 54.9 Å². The predicted octanol–water partition coefficient (Wildman–Crippen LogP) is 3.34. The quantitative estimate of drug-likeness (QED) is 0.710. The van der Waals surface area contributed by atoms with Crippen molar-refractivity contribution in [3.63, 3.8) is 0 Å². The van der Waals surface area contributed by atoms with Crippen molar-refractivity contribution in [1.82, 2.24) is 14.9 Å². The summed E-state index contributed by atoms with van der Waals surface area (Å²) >= 11 is 0. The lowest BCUT2D eigenvalue weighted by molar-refractivity contribution is 0.0913. The van der Waals surface area contributed by atoms with Gasteiger partial charge in [0.05, 0.1) is 36.1 Å². The van der Waals surface area contributed by atoms with E-state index in [1.165, 1.54) is 0 Å². The van der Waals surface area contributed by atoms with Gasteiger partial charge in [-0.2, -0.15) is 5.26 Å². The number of H-pyrrole nitrogens is 1. The molecule has 3 aromatic rings. The third-order valence-corrected chi connectivity index (χ3v) is 4.41.